The largest absolute Gasteiger partial charge is 0.329 e. The number of hydrogen-bond acceptors (Lipinski definition) is 4. The highest BCUT2D eigenvalue weighted by Crippen LogP contribution is 2.39. The van der Waals surface area contributed by atoms with Gasteiger partial charge in [-0.15, -0.1) is 0 Å². The second kappa shape index (κ2) is 5.76. The number of nitrogens with two attached hydrogens (primary N) is 1. The molecule has 1 aromatic rings. The fraction of sp³-hybridized carbons (Fsp3) is 0.462. The number of benzene rings is 1. The van der Waals surface area contributed by atoms with Crippen molar-refractivity contribution in [3.8, 4) is 0 Å². The number of amides is 1. The molecule has 0 aromatic heterocycles. The minimum absolute atomic E-state index is 0.109. The second-order valence-electron chi connectivity index (χ2n) is 5.07. The van der Waals surface area contributed by atoms with E-state index in [1.54, 1.807) is 0 Å². The van der Waals surface area contributed by atoms with Crippen molar-refractivity contribution < 1.29 is 9.72 Å². The van der Waals surface area contributed by atoms with E-state index in [2.05, 4.69) is 5.32 Å². The fourth-order valence-corrected chi connectivity index (χ4v) is 2.77. The highest BCUT2D eigenvalue weighted by molar-refractivity contribution is 6.34. The number of nitro benzene ring substituents is 1. The lowest BCUT2D eigenvalue weighted by Crippen LogP contribution is -2.40. The summed E-state index contributed by atoms with van der Waals surface area (Å²) < 4.78 is 0. The van der Waals surface area contributed by atoms with Crippen LogP contribution in [0.15, 0.2) is 18.2 Å². The fourth-order valence-electron chi connectivity index (χ4n) is 2.55. The Hall–Kier alpha value is -1.66. The zero-order valence-corrected chi connectivity index (χ0v) is 11.7. The summed E-state index contributed by atoms with van der Waals surface area (Å²) in [5, 5.41) is 13.5. The average Bonchev–Trinajstić information content (AvgIpc) is 2.90. The number of hydrogen-bond donors (Lipinski definition) is 2. The van der Waals surface area contributed by atoms with Gasteiger partial charge in [0.05, 0.1) is 21.0 Å². The highest BCUT2D eigenvalue weighted by atomic mass is 35.5. The van der Waals surface area contributed by atoms with Gasteiger partial charge in [-0.1, -0.05) is 24.4 Å². The van der Waals surface area contributed by atoms with Crippen LogP contribution < -0.4 is 11.1 Å². The van der Waals surface area contributed by atoms with Crippen LogP contribution in [-0.2, 0) is 4.79 Å². The summed E-state index contributed by atoms with van der Waals surface area (Å²) in [6.07, 6.45) is 3.50. The van der Waals surface area contributed by atoms with Crippen molar-refractivity contribution in [3.63, 3.8) is 0 Å². The molecule has 1 aliphatic rings. The van der Waals surface area contributed by atoms with Gasteiger partial charge in [0.2, 0.25) is 5.91 Å². The third-order valence-electron chi connectivity index (χ3n) is 3.84. The lowest BCUT2D eigenvalue weighted by Gasteiger charge is -2.25. The van der Waals surface area contributed by atoms with E-state index in [-0.39, 0.29) is 16.6 Å². The third kappa shape index (κ3) is 2.76. The van der Waals surface area contributed by atoms with Crippen molar-refractivity contribution in [2.75, 3.05) is 11.9 Å². The van der Waals surface area contributed by atoms with Crippen molar-refractivity contribution in [2.24, 2.45) is 11.1 Å². The van der Waals surface area contributed by atoms with E-state index in [4.69, 9.17) is 17.3 Å². The molecule has 0 heterocycles. The number of non-ortho nitro benzene ring substituents is 1. The number of carbonyl (C=O) groups is 1. The zero-order chi connectivity index (χ0) is 14.8. The molecule has 1 amide bonds. The summed E-state index contributed by atoms with van der Waals surface area (Å²) in [6, 6.07) is 3.98. The van der Waals surface area contributed by atoms with Gasteiger partial charge in [0.15, 0.2) is 0 Å². The van der Waals surface area contributed by atoms with Gasteiger partial charge in [-0.25, -0.2) is 0 Å². The van der Waals surface area contributed by atoms with Crippen LogP contribution in [-0.4, -0.2) is 17.4 Å². The molecule has 0 aliphatic heterocycles. The summed E-state index contributed by atoms with van der Waals surface area (Å²) in [6.45, 7) is 0.295. The van der Waals surface area contributed by atoms with Crippen molar-refractivity contribution in [2.45, 2.75) is 25.7 Å². The molecule has 2 rings (SSSR count). The van der Waals surface area contributed by atoms with Gasteiger partial charge in [-0.2, -0.15) is 0 Å². The molecule has 1 saturated carbocycles. The normalized spacial score (nSPS) is 16.9. The van der Waals surface area contributed by atoms with Crippen LogP contribution in [0.4, 0.5) is 11.4 Å². The molecule has 20 heavy (non-hydrogen) atoms. The Labute approximate surface area is 121 Å². The molecule has 7 heteroatoms. The zero-order valence-electron chi connectivity index (χ0n) is 10.9. The van der Waals surface area contributed by atoms with Gasteiger partial charge in [0.25, 0.3) is 5.69 Å². The molecule has 0 radical (unpaired) electrons. The Bertz CT molecular complexity index is 542. The molecule has 0 spiro atoms. The Balaban J connectivity index is 2.17. The van der Waals surface area contributed by atoms with Crippen LogP contribution in [0.2, 0.25) is 5.02 Å². The van der Waals surface area contributed by atoms with Crippen LogP contribution in [0.5, 0.6) is 0 Å². The summed E-state index contributed by atoms with van der Waals surface area (Å²) in [5.41, 5.74) is 5.47. The average molecular weight is 298 g/mol. The maximum Gasteiger partial charge on any atom is 0.271 e. The summed E-state index contributed by atoms with van der Waals surface area (Å²) in [4.78, 5) is 22.5. The minimum Gasteiger partial charge on any atom is -0.329 e. The van der Waals surface area contributed by atoms with Gasteiger partial charge in [-0.05, 0) is 18.9 Å². The number of nitrogens with zero attached hydrogens (tertiary/aromatic N) is 1. The first kappa shape index (κ1) is 14.7. The third-order valence-corrected chi connectivity index (χ3v) is 4.16. The minimum atomic E-state index is -0.537. The highest BCUT2D eigenvalue weighted by Gasteiger charge is 2.40. The van der Waals surface area contributed by atoms with E-state index < -0.39 is 10.3 Å². The number of rotatable bonds is 4. The SMILES string of the molecule is NCC1(C(=O)Nc2ccc([N+](=O)[O-])cc2Cl)CCCC1. The molecular weight excluding hydrogens is 282 g/mol. The van der Waals surface area contributed by atoms with Crippen LogP contribution in [0.25, 0.3) is 0 Å². The molecule has 0 unspecified atom stereocenters. The van der Waals surface area contributed by atoms with Gasteiger partial charge >= 0.3 is 0 Å². The number of carbonyl (C=O) groups excluding carboxylic acids is 1. The van der Waals surface area contributed by atoms with E-state index in [0.29, 0.717) is 12.2 Å². The first-order valence-corrected chi connectivity index (χ1v) is 6.82. The van der Waals surface area contributed by atoms with E-state index in [1.165, 1.54) is 18.2 Å². The number of halogens is 1. The molecule has 0 bridgehead atoms. The van der Waals surface area contributed by atoms with Crippen LogP contribution in [0, 0.1) is 15.5 Å². The topological polar surface area (TPSA) is 98.3 Å². The lowest BCUT2D eigenvalue weighted by molar-refractivity contribution is -0.384. The molecule has 6 nitrogen and oxygen atoms in total. The number of nitro groups is 1. The standard InChI is InChI=1S/C13H16ClN3O3/c14-10-7-9(17(19)20)3-4-11(10)16-12(18)13(8-15)5-1-2-6-13/h3-4,7H,1-2,5-6,8,15H2,(H,16,18). The Morgan fingerprint density at radius 1 is 1.45 bits per heavy atom. The molecule has 108 valence electrons. The molecule has 3 N–H and O–H groups in total. The summed E-state index contributed by atoms with van der Waals surface area (Å²) in [5.74, 6) is -0.159. The smallest absolute Gasteiger partial charge is 0.271 e. The molecule has 1 aliphatic carbocycles. The predicted octanol–water partition coefficient (Wildman–Crippen LogP) is 2.71. The van der Waals surface area contributed by atoms with Gasteiger partial charge in [0.1, 0.15) is 0 Å². The van der Waals surface area contributed by atoms with Crippen LogP contribution in [0.3, 0.4) is 0 Å². The molecule has 0 saturated heterocycles. The molecular formula is C13H16ClN3O3. The lowest BCUT2D eigenvalue weighted by atomic mass is 9.85. The Morgan fingerprint density at radius 3 is 2.60 bits per heavy atom. The van der Waals surface area contributed by atoms with E-state index in [1.807, 2.05) is 0 Å². The van der Waals surface area contributed by atoms with Crippen molar-refractivity contribution in [1.82, 2.24) is 0 Å². The van der Waals surface area contributed by atoms with Crippen LogP contribution >= 0.6 is 11.6 Å². The maximum absolute atomic E-state index is 12.4. The first-order valence-electron chi connectivity index (χ1n) is 6.44. The molecule has 1 aromatic carbocycles. The Morgan fingerprint density at radius 2 is 2.10 bits per heavy atom. The molecule has 1 fully saturated rings. The van der Waals surface area contributed by atoms with Gasteiger partial charge < -0.3 is 11.1 Å². The summed E-state index contributed by atoms with van der Waals surface area (Å²) in [7, 11) is 0. The van der Waals surface area contributed by atoms with E-state index in [9.17, 15) is 14.9 Å². The van der Waals surface area contributed by atoms with E-state index >= 15 is 0 Å². The van der Waals surface area contributed by atoms with E-state index in [0.717, 1.165) is 25.7 Å². The van der Waals surface area contributed by atoms with Crippen molar-refractivity contribution in [3.05, 3.63) is 33.3 Å². The first-order chi connectivity index (χ1) is 9.48. The summed E-state index contributed by atoms with van der Waals surface area (Å²) >= 11 is 5.96. The van der Waals surface area contributed by atoms with Gasteiger partial charge in [0, 0.05) is 18.7 Å². The quantitative estimate of drug-likeness (QED) is 0.659. The maximum atomic E-state index is 12.4. The monoisotopic (exact) mass is 297 g/mol. The van der Waals surface area contributed by atoms with Crippen LogP contribution in [0.1, 0.15) is 25.7 Å². The molecule has 0 atom stereocenters. The number of anilines is 1. The second-order valence-corrected chi connectivity index (χ2v) is 5.47. The van der Waals surface area contributed by atoms with Gasteiger partial charge in [-0.3, -0.25) is 14.9 Å². The number of nitrogens with one attached hydrogen (secondary N) is 1. The Kier molecular flexibility index (Phi) is 4.25. The van der Waals surface area contributed by atoms with Crippen molar-refractivity contribution in [1.29, 1.82) is 0 Å². The van der Waals surface area contributed by atoms with Crippen molar-refractivity contribution >= 4 is 28.9 Å². The predicted molar refractivity (Wildman–Crippen MR) is 76.7 cm³/mol.